The first-order valence-electron chi connectivity index (χ1n) is 8.73. The highest BCUT2D eigenvalue weighted by atomic mass is 16.6. The van der Waals surface area contributed by atoms with Crippen LogP contribution in [0.1, 0.15) is 30.2 Å². The van der Waals surface area contributed by atoms with Gasteiger partial charge >= 0.3 is 5.69 Å². The molecule has 3 aromatic heterocycles. The van der Waals surface area contributed by atoms with Crippen LogP contribution in [0.5, 0.6) is 0 Å². The summed E-state index contributed by atoms with van der Waals surface area (Å²) < 4.78 is 8.95. The van der Waals surface area contributed by atoms with Crippen molar-refractivity contribution in [2.75, 3.05) is 0 Å². The molecule has 0 amide bonds. The van der Waals surface area contributed by atoms with Crippen LogP contribution in [0, 0.1) is 24.0 Å². The average molecular weight is 378 g/mol. The molecule has 28 heavy (non-hydrogen) atoms. The van der Waals surface area contributed by atoms with Gasteiger partial charge in [-0.15, -0.1) is 0 Å². The topological polar surface area (TPSA) is 105 Å². The zero-order chi connectivity index (χ0) is 19.8. The number of nitro groups is 1. The molecule has 9 nitrogen and oxygen atoms in total. The van der Waals surface area contributed by atoms with E-state index in [1.807, 2.05) is 60.3 Å². The summed E-state index contributed by atoms with van der Waals surface area (Å²) in [6.07, 6.45) is 3.94. The van der Waals surface area contributed by atoms with Gasteiger partial charge in [0.2, 0.25) is 5.82 Å². The molecule has 9 heteroatoms. The Balaban J connectivity index is 1.61. The fourth-order valence-electron chi connectivity index (χ4n) is 3.21. The third-order valence-corrected chi connectivity index (χ3v) is 4.66. The monoisotopic (exact) mass is 378 g/mol. The van der Waals surface area contributed by atoms with Crippen molar-refractivity contribution in [1.29, 1.82) is 0 Å². The lowest BCUT2D eigenvalue weighted by molar-refractivity contribution is -0.386. The van der Waals surface area contributed by atoms with Crippen LogP contribution < -0.4 is 0 Å². The lowest BCUT2D eigenvalue weighted by atomic mass is 10.2. The van der Waals surface area contributed by atoms with E-state index in [1.54, 1.807) is 18.5 Å². The van der Waals surface area contributed by atoms with Gasteiger partial charge in [0.05, 0.1) is 4.92 Å². The number of benzene rings is 1. The molecule has 1 aromatic carbocycles. The fourth-order valence-corrected chi connectivity index (χ4v) is 3.21. The molecule has 0 saturated heterocycles. The molecule has 0 spiro atoms. The first-order valence-corrected chi connectivity index (χ1v) is 8.73. The van der Waals surface area contributed by atoms with E-state index in [0.29, 0.717) is 23.1 Å². The van der Waals surface area contributed by atoms with Crippen molar-refractivity contribution in [3.8, 4) is 17.1 Å². The minimum Gasteiger partial charge on any atom is -0.337 e. The van der Waals surface area contributed by atoms with Gasteiger partial charge in [0.25, 0.3) is 5.89 Å². The summed E-state index contributed by atoms with van der Waals surface area (Å²) in [6, 6.07) is 11.3. The number of hydrogen-bond donors (Lipinski definition) is 0. The maximum atomic E-state index is 11.2. The predicted molar refractivity (Wildman–Crippen MR) is 101 cm³/mol. The molecule has 0 aliphatic rings. The molecule has 3 heterocycles. The molecule has 0 radical (unpaired) electrons. The maximum Gasteiger partial charge on any atom is 0.312 e. The minimum absolute atomic E-state index is 0.00666. The fraction of sp³-hybridized carbons (Fsp3) is 0.211. The van der Waals surface area contributed by atoms with Crippen molar-refractivity contribution in [3.05, 3.63) is 76.2 Å². The lowest BCUT2D eigenvalue weighted by Crippen LogP contribution is -2.11. The van der Waals surface area contributed by atoms with Crippen LogP contribution in [0.3, 0.4) is 0 Å². The molecule has 0 unspecified atom stereocenters. The Kier molecular flexibility index (Phi) is 4.26. The van der Waals surface area contributed by atoms with Crippen molar-refractivity contribution >= 4 is 5.69 Å². The van der Waals surface area contributed by atoms with E-state index in [0.717, 1.165) is 11.3 Å². The number of aryl methyl sites for hydroxylation is 1. The summed E-state index contributed by atoms with van der Waals surface area (Å²) in [4.78, 5) is 15.3. The summed E-state index contributed by atoms with van der Waals surface area (Å²) in [5.41, 5.74) is 2.66. The Morgan fingerprint density at radius 1 is 1.14 bits per heavy atom. The largest absolute Gasteiger partial charge is 0.337 e. The molecule has 142 valence electrons. The Hall–Kier alpha value is -3.75. The van der Waals surface area contributed by atoms with Crippen molar-refractivity contribution in [3.63, 3.8) is 0 Å². The molecule has 0 bridgehead atoms. The predicted octanol–water partition coefficient (Wildman–Crippen LogP) is 3.86. The highest BCUT2D eigenvalue weighted by Gasteiger charge is 2.27. The van der Waals surface area contributed by atoms with Gasteiger partial charge in [-0.2, -0.15) is 10.1 Å². The van der Waals surface area contributed by atoms with Gasteiger partial charge in [-0.05, 0) is 57.2 Å². The van der Waals surface area contributed by atoms with Gasteiger partial charge in [0.1, 0.15) is 17.4 Å². The van der Waals surface area contributed by atoms with E-state index >= 15 is 0 Å². The highest BCUT2D eigenvalue weighted by molar-refractivity contribution is 5.56. The SMILES string of the molecule is Cc1nn([C@@H](C)c2nc(-c3ccc(-n4cccc4)cc3)no2)c(C)c1[N+](=O)[O-]. The number of nitrogens with zero attached hydrogens (tertiary/aromatic N) is 6. The van der Waals surface area contributed by atoms with Crippen molar-refractivity contribution < 1.29 is 9.45 Å². The normalized spacial score (nSPS) is 12.2. The van der Waals surface area contributed by atoms with Crippen LogP contribution in [0.25, 0.3) is 17.1 Å². The lowest BCUT2D eigenvalue weighted by Gasteiger charge is -2.08. The number of hydrogen-bond acceptors (Lipinski definition) is 6. The van der Waals surface area contributed by atoms with Crippen LogP contribution >= 0.6 is 0 Å². The van der Waals surface area contributed by atoms with Gasteiger partial charge < -0.3 is 9.09 Å². The second-order valence-electron chi connectivity index (χ2n) is 6.49. The second-order valence-corrected chi connectivity index (χ2v) is 6.49. The molecule has 0 N–H and O–H groups in total. The van der Waals surface area contributed by atoms with E-state index in [1.165, 1.54) is 0 Å². The molecule has 4 aromatic rings. The van der Waals surface area contributed by atoms with E-state index in [2.05, 4.69) is 15.2 Å². The smallest absolute Gasteiger partial charge is 0.312 e. The first kappa shape index (κ1) is 17.7. The maximum absolute atomic E-state index is 11.2. The van der Waals surface area contributed by atoms with Gasteiger partial charge in [0, 0.05) is 23.6 Å². The van der Waals surface area contributed by atoms with Crippen molar-refractivity contribution in [2.24, 2.45) is 0 Å². The summed E-state index contributed by atoms with van der Waals surface area (Å²) >= 11 is 0. The molecule has 1 atom stereocenters. The van der Waals surface area contributed by atoms with Gasteiger partial charge in [-0.25, -0.2) is 0 Å². The summed E-state index contributed by atoms with van der Waals surface area (Å²) in [5.74, 6) is 0.793. The third-order valence-electron chi connectivity index (χ3n) is 4.66. The second kappa shape index (κ2) is 6.76. The number of rotatable bonds is 5. The van der Waals surface area contributed by atoms with Gasteiger partial charge in [0.15, 0.2) is 0 Å². The van der Waals surface area contributed by atoms with Crippen LogP contribution in [-0.4, -0.2) is 29.4 Å². The Labute approximate surface area is 160 Å². The Bertz CT molecular complexity index is 1130. The van der Waals surface area contributed by atoms with Gasteiger partial charge in [-0.3, -0.25) is 14.8 Å². The minimum atomic E-state index is -0.424. The van der Waals surface area contributed by atoms with E-state index in [4.69, 9.17) is 4.52 Å². The summed E-state index contributed by atoms with van der Waals surface area (Å²) in [6.45, 7) is 5.08. The quantitative estimate of drug-likeness (QED) is 0.386. The zero-order valence-electron chi connectivity index (χ0n) is 15.6. The van der Waals surface area contributed by atoms with Crippen LogP contribution in [0.15, 0.2) is 53.3 Å². The standard InChI is InChI=1S/C19H18N6O3/c1-12-17(25(26)27)13(2)24(21-12)14(3)19-20-18(22-28-19)15-6-8-16(9-7-15)23-10-4-5-11-23/h4-11,14H,1-3H3/t14-/m0/s1. The molecule has 4 rings (SSSR count). The molecule has 0 aliphatic carbocycles. The van der Waals surface area contributed by atoms with Crippen LogP contribution in [-0.2, 0) is 0 Å². The van der Waals surface area contributed by atoms with E-state index < -0.39 is 11.0 Å². The first-order chi connectivity index (χ1) is 13.5. The van der Waals surface area contributed by atoms with E-state index in [-0.39, 0.29) is 5.69 Å². The summed E-state index contributed by atoms with van der Waals surface area (Å²) in [7, 11) is 0. The number of aromatic nitrogens is 5. The summed E-state index contributed by atoms with van der Waals surface area (Å²) in [5, 5.41) is 19.5. The van der Waals surface area contributed by atoms with Crippen molar-refractivity contribution in [2.45, 2.75) is 26.8 Å². The Morgan fingerprint density at radius 2 is 1.82 bits per heavy atom. The van der Waals surface area contributed by atoms with E-state index in [9.17, 15) is 10.1 Å². The van der Waals surface area contributed by atoms with Crippen LogP contribution in [0.2, 0.25) is 0 Å². The highest BCUT2D eigenvalue weighted by Crippen LogP contribution is 2.28. The molecule has 0 saturated carbocycles. The molecular formula is C19H18N6O3. The average Bonchev–Trinajstić information content (AvgIpc) is 3.41. The van der Waals surface area contributed by atoms with Gasteiger partial charge in [-0.1, -0.05) is 5.16 Å². The zero-order valence-corrected chi connectivity index (χ0v) is 15.6. The third kappa shape index (κ3) is 2.96. The molecule has 0 fully saturated rings. The van der Waals surface area contributed by atoms with Crippen LogP contribution in [0.4, 0.5) is 5.69 Å². The molecular weight excluding hydrogens is 360 g/mol. The van der Waals surface area contributed by atoms with Crippen molar-refractivity contribution in [1.82, 2.24) is 24.5 Å². The molecule has 0 aliphatic heterocycles. The Morgan fingerprint density at radius 3 is 2.43 bits per heavy atom.